The van der Waals surface area contributed by atoms with Gasteiger partial charge in [-0.1, -0.05) is 49.1 Å². The van der Waals surface area contributed by atoms with Crippen molar-refractivity contribution in [3.63, 3.8) is 0 Å². The van der Waals surface area contributed by atoms with Crippen LogP contribution in [0.4, 0.5) is 0 Å². The van der Waals surface area contributed by atoms with Gasteiger partial charge in [0.15, 0.2) is 0 Å². The molecule has 3 rings (SSSR count). The number of ether oxygens (including phenoxy) is 1. The molecule has 1 saturated heterocycles. The molecule has 0 radical (unpaired) electrons. The molecule has 1 aliphatic carbocycles. The van der Waals surface area contributed by atoms with Crippen molar-refractivity contribution in [3.8, 4) is 0 Å². The van der Waals surface area contributed by atoms with Crippen molar-refractivity contribution in [2.45, 2.75) is 44.6 Å². The van der Waals surface area contributed by atoms with Gasteiger partial charge in [0.25, 0.3) is 0 Å². The van der Waals surface area contributed by atoms with E-state index in [-0.39, 0.29) is 5.54 Å². The minimum atomic E-state index is 0.287. The third kappa shape index (κ3) is 2.56. The summed E-state index contributed by atoms with van der Waals surface area (Å²) in [5.74, 6) is 0. The van der Waals surface area contributed by atoms with Gasteiger partial charge in [0.2, 0.25) is 0 Å². The van der Waals surface area contributed by atoms with E-state index in [9.17, 15) is 0 Å². The Morgan fingerprint density at radius 3 is 2.21 bits per heavy atom. The molecule has 1 aromatic carbocycles. The molecule has 0 bridgehead atoms. The third-order valence-corrected chi connectivity index (χ3v) is 4.89. The monoisotopic (exact) mass is 259 g/mol. The van der Waals surface area contributed by atoms with Crippen molar-refractivity contribution in [2.24, 2.45) is 0 Å². The van der Waals surface area contributed by atoms with Crippen LogP contribution in [-0.4, -0.2) is 31.2 Å². The summed E-state index contributed by atoms with van der Waals surface area (Å²) in [5, 5.41) is 0. The molecule has 0 aromatic heterocycles. The quantitative estimate of drug-likeness (QED) is 0.806. The second-order valence-electron chi connectivity index (χ2n) is 6.06. The van der Waals surface area contributed by atoms with Crippen LogP contribution in [0.15, 0.2) is 24.3 Å². The summed E-state index contributed by atoms with van der Waals surface area (Å²) in [4.78, 5) is 2.69. The molecular formula is C17H25NO. The minimum Gasteiger partial charge on any atom is -0.379 e. The molecule has 1 heterocycles. The lowest BCUT2D eigenvalue weighted by molar-refractivity contribution is -0.0404. The largest absolute Gasteiger partial charge is 0.379 e. The molecule has 0 N–H and O–H groups in total. The number of aryl methyl sites for hydroxylation is 1. The van der Waals surface area contributed by atoms with E-state index in [0.29, 0.717) is 0 Å². The first kappa shape index (κ1) is 13.1. The van der Waals surface area contributed by atoms with Gasteiger partial charge in [-0.05, 0) is 25.3 Å². The maximum Gasteiger partial charge on any atom is 0.0594 e. The molecule has 1 aromatic rings. The second kappa shape index (κ2) is 5.64. The smallest absolute Gasteiger partial charge is 0.0594 e. The zero-order valence-electron chi connectivity index (χ0n) is 12.0. The van der Waals surface area contributed by atoms with E-state index in [1.54, 1.807) is 0 Å². The zero-order valence-corrected chi connectivity index (χ0v) is 12.0. The highest BCUT2D eigenvalue weighted by molar-refractivity contribution is 5.29. The molecule has 1 saturated carbocycles. The molecular weight excluding hydrogens is 234 g/mol. The molecule has 0 spiro atoms. The highest BCUT2D eigenvalue weighted by atomic mass is 16.5. The number of hydrogen-bond acceptors (Lipinski definition) is 2. The lowest BCUT2D eigenvalue weighted by Gasteiger charge is -2.48. The predicted molar refractivity (Wildman–Crippen MR) is 78.3 cm³/mol. The van der Waals surface area contributed by atoms with E-state index < -0.39 is 0 Å². The highest BCUT2D eigenvalue weighted by Gasteiger charge is 2.39. The first-order valence-corrected chi connectivity index (χ1v) is 7.71. The Kier molecular flexibility index (Phi) is 3.90. The fourth-order valence-electron chi connectivity index (χ4n) is 3.78. The van der Waals surface area contributed by atoms with Crippen LogP contribution in [0.5, 0.6) is 0 Å². The SMILES string of the molecule is Cc1ccc(C2(N3CCOCC3)CCCCC2)cc1. The summed E-state index contributed by atoms with van der Waals surface area (Å²) in [5.41, 5.74) is 3.17. The molecule has 19 heavy (non-hydrogen) atoms. The molecule has 2 fully saturated rings. The Bertz CT molecular complexity index is 400. The molecule has 1 aliphatic heterocycles. The lowest BCUT2D eigenvalue weighted by atomic mass is 9.75. The van der Waals surface area contributed by atoms with Crippen molar-refractivity contribution in [2.75, 3.05) is 26.3 Å². The van der Waals surface area contributed by atoms with Crippen LogP contribution in [0.2, 0.25) is 0 Å². The van der Waals surface area contributed by atoms with E-state index in [1.807, 2.05) is 0 Å². The zero-order chi connectivity index (χ0) is 13.1. The van der Waals surface area contributed by atoms with Gasteiger partial charge in [-0.3, -0.25) is 4.90 Å². The average molecular weight is 259 g/mol. The minimum absolute atomic E-state index is 0.287. The maximum atomic E-state index is 5.55. The summed E-state index contributed by atoms with van der Waals surface area (Å²) in [6.07, 6.45) is 6.76. The third-order valence-electron chi connectivity index (χ3n) is 4.89. The van der Waals surface area contributed by atoms with Crippen molar-refractivity contribution >= 4 is 0 Å². The Morgan fingerprint density at radius 2 is 1.58 bits per heavy atom. The standard InChI is InChI=1S/C17H25NO/c1-15-5-7-16(8-6-15)17(9-3-2-4-10-17)18-11-13-19-14-12-18/h5-8H,2-4,9-14H2,1H3. The second-order valence-corrected chi connectivity index (χ2v) is 6.06. The number of nitrogens with zero attached hydrogens (tertiary/aromatic N) is 1. The summed E-state index contributed by atoms with van der Waals surface area (Å²) in [6, 6.07) is 9.25. The molecule has 0 unspecified atom stereocenters. The normalized spacial score (nSPS) is 24.3. The Balaban J connectivity index is 1.93. The topological polar surface area (TPSA) is 12.5 Å². The molecule has 2 heteroatoms. The van der Waals surface area contributed by atoms with Gasteiger partial charge in [0.05, 0.1) is 13.2 Å². The van der Waals surface area contributed by atoms with Gasteiger partial charge >= 0.3 is 0 Å². The molecule has 2 nitrogen and oxygen atoms in total. The van der Waals surface area contributed by atoms with Gasteiger partial charge in [-0.15, -0.1) is 0 Å². The van der Waals surface area contributed by atoms with Crippen LogP contribution in [-0.2, 0) is 10.3 Å². The van der Waals surface area contributed by atoms with Crippen LogP contribution in [0.3, 0.4) is 0 Å². The highest BCUT2D eigenvalue weighted by Crippen LogP contribution is 2.42. The van der Waals surface area contributed by atoms with Crippen LogP contribution in [0.25, 0.3) is 0 Å². The van der Waals surface area contributed by atoms with Crippen molar-refractivity contribution in [1.29, 1.82) is 0 Å². The van der Waals surface area contributed by atoms with Crippen molar-refractivity contribution in [3.05, 3.63) is 35.4 Å². The van der Waals surface area contributed by atoms with Crippen molar-refractivity contribution < 1.29 is 4.74 Å². The Labute approximate surface area is 116 Å². The number of benzene rings is 1. The van der Waals surface area contributed by atoms with Crippen LogP contribution in [0.1, 0.15) is 43.2 Å². The Morgan fingerprint density at radius 1 is 0.947 bits per heavy atom. The summed E-state index contributed by atoms with van der Waals surface area (Å²) < 4.78 is 5.55. The fourth-order valence-corrected chi connectivity index (χ4v) is 3.78. The molecule has 2 aliphatic rings. The molecule has 104 valence electrons. The first-order valence-electron chi connectivity index (χ1n) is 7.71. The summed E-state index contributed by atoms with van der Waals surface area (Å²) in [6.45, 7) is 6.15. The van der Waals surface area contributed by atoms with E-state index in [2.05, 4.69) is 36.1 Å². The van der Waals surface area contributed by atoms with E-state index >= 15 is 0 Å². The van der Waals surface area contributed by atoms with Gasteiger partial charge in [-0.25, -0.2) is 0 Å². The van der Waals surface area contributed by atoms with Crippen molar-refractivity contribution in [1.82, 2.24) is 4.90 Å². The summed E-state index contributed by atoms with van der Waals surface area (Å²) >= 11 is 0. The predicted octanol–water partition coefficient (Wildman–Crippen LogP) is 3.49. The summed E-state index contributed by atoms with van der Waals surface area (Å²) in [7, 11) is 0. The first-order chi connectivity index (χ1) is 9.31. The van der Waals surface area contributed by atoms with Gasteiger partial charge in [0, 0.05) is 18.6 Å². The maximum absolute atomic E-state index is 5.55. The van der Waals surface area contributed by atoms with Crippen LogP contribution in [0, 0.1) is 6.92 Å². The average Bonchev–Trinajstić information content (AvgIpc) is 2.49. The Hall–Kier alpha value is -0.860. The van der Waals surface area contributed by atoms with E-state index in [0.717, 1.165) is 26.3 Å². The van der Waals surface area contributed by atoms with Crippen LogP contribution >= 0.6 is 0 Å². The molecule has 0 atom stereocenters. The molecule has 0 amide bonds. The number of rotatable bonds is 2. The number of morpholine rings is 1. The van der Waals surface area contributed by atoms with Gasteiger partial charge < -0.3 is 4.74 Å². The number of hydrogen-bond donors (Lipinski definition) is 0. The van der Waals surface area contributed by atoms with Gasteiger partial charge in [-0.2, -0.15) is 0 Å². The van der Waals surface area contributed by atoms with Gasteiger partial charge in [0.1, 0.15) is 0 Å². The fraction of sp³-hybridized carbons (Fsp3) is 0.647. The lowest BCUT2D eigenvalue weighted by Crippen LogP contribution is -2.52. The van der Waals surface area contributed by atoms with E-state index in [1.165, 1.54) is 43.2 Å². The van der Waals surface area contributed by atoms with E-state index in [4.69, 9.17) is 4.74 Å². The van der Waals surface area contributed by atoms with Crippen LogP contribution < -0.4 is 0 Å².